The van der Waals surface area contributed by atoms with Gasteiger partial charge in [0, 0.05) is 49.4 Å². The summed E-state index contributed by atoms with van der Waals surface area (Å²) in [6, 6.07) is 10.8. The van der Waals surface area contributed by atoms with E-state index in [2.05, 4.69) is 48.6 Å². The Hall–Kier alpha value is -3.80. The van der Waals surface area contributed by atoms with Crippen LogP contribution in [0.1, 0.15) is 22.5 Å². The molecule has 1 aromatic carbocycles. The Morgan fingerprint density at radius 2 is 1.90 bits per heavy atom. The number of hydrogen-bond donors (Lipinski definition) is 4. The molecule has 3 aromatic heterocycles. The molecular formula is C28H33N7O3S. The van der Waals surface area contributed by atoms with Crippen LogP contribution in [0.4, 0.5) is 28.6 Å². The van der Waals surface area contributed by atoms with Crippen LogP contribution in [0.25, 0.3) is 10.9 Å². The van der Waals surface area contributed by atoms with Gasteiger partial charge in [0.25, 0.3) is 5.91 Å². The third-order valence-corrected chi connectivity index (χ3v) is 8.48. The molecule has 0 atom stereocenters. The highest BCUT2D eigenvalue weighted by Gasteiger charge is 2.26. The van der Waals surface area contributed by atoms with Gasteiger partial charge in [-0.3, -0.25) is 14.7 Å². The van der Waals surface area contributed by atoms with Gasteiger partial charge in [-0.15, -0.1) is 11.3 Å². The number of aromatic nitrogens is 2. The van der Waals surface area contributed by atoms with E-state index in [0.717, 1.165) is 86.1 Å². The SMILES string of the molecule is COc1cc(N2CCC(N3CCOCC3)CC2)ccc1Nc1cc2c(Nc3ccsc3C(N)=O)cncc2[nH]1. The van der Waals surface area contributed by atoms with Gasteiger partial charge in [0.15, 0.2) is 0 Å². The number of nitrogens with zero attached hydrogens (tertiary/aromatic N) is 3. The number of rotatable bonds is 8. The number of thiophene rings is 1. The fraction of sp³-hybridized carbons (Fsp3) is 0.357. The van der Waals surface area contributed by atoms with Crippen LogP contribution in [0.15, 0.2) is 48.1 Å². The average Bonchev–Trinajstić information content (AvgIpc) is 3.61. The Kier molecular flexibility index (Phi) is 7.27. The summed E-state index contributed by atoms with van der Waals surface area (Å²) in [5.41, 5.74) is 9.86. The van der Waals surface area contributed by atoms with E-state index in [4.69, 9.17) is 15.2 Å². The minimum Gasteiger partial charge on any atom is -0.494 e. The minimum atomic E-state index is -0.457. The summed E-state index contributed by atoms with van der Waals surface area (Å²) >= 11 is 1.31. The second-order valence-corrected chi connectivity index (χ2v) is 10.8. The number of nitrogens with two attached hydrogens (primary N) is 1. The molecule has 11 heteroatoms. The van der Waals surface area contributed by atoms with Gasteiger partial charge in [-0.25, -0.2) is 0 Å². The van der Waals surface area contributed by atoms with Gasteiger partial charge in [-0.05, 0) is 42.5 Å². The van der Waals surface area contributed by atoms with Gasteiger partial charge in [0.2, 0.25) is 0 Å². The van der Waals surface area contributed by atoms with Crippen molar-refractivity contribution in [3.8, 4) is 5.75 Å². The van der Waals surface area contributed by atoms with Crippen LogP contribution >= 0.6 is 11.3 Å². The molecule has 39 heavy (non-hydrogen) atoms. The molecule has 0 bridgehead atoms. The smallest absolute Gasteiger partial charge is 0.260 e. The van der Waals surface area contributed by atoms with Crippen LogP contribution in [-0.4, -0.2) is 73.3 Å². The number of carbonyl (C=O) groups excluding carboxylic acids is 1. The minimum absolute atomic E-state index is 0.457. The number of anilines is 5. The standard InChI is InChI=1S/C28H33N7O3S/c1-37-25-14-19(34-7-4-18(5-8-34)35-9-11-38-12-10-35)2-3-21(25)32-26-15-20-23(16-30-17-24(20)33-26)31-22-6-13-39-27(22)28(29)36/h2-3,6,13-18,31-33H,4-5,7-12H2,1H3,(H2,29,36). The summed E-state index contributed by atoms with van der Waals surface area (Å²) in [5, 5.41) is 9.54. The zero-order valence-corrected chi connectivity index (χ0v) is 22.7. The molecule has 0 radical (unpaired) electrons. The molecule has 10 nitrogen and oxygen atoms in total. The molecular weight excluding hydrogens is 514 g/mol. The topological polar surface area (TPSA) is 121 Å². The molecule has 5 N–H and O–H groups in total. The van der Waals surface area contributed by atoms with Crippen LogP contribution < -0.4 is 26.0 Å². The summed E-state index contributed by atoms with van der Waals surface area (Å²) in [7, 11) is 1.70. The van der Waals surface area contributed by atoms with Gasteiger partial charge in [0.1, 0.15) is 16.4 Å². The number of aromatic amines is 1. The van der Waals surface area contributed by atoms with Crippen LogP contribution in [0.2, 0.25) is 0 Å². The number of carbonyl (C=O) groups is 1. The number of primary amides is 1. The number of methoxy groups -OCH3 is 1. The molecule has 1 amide bonds. The molecule has 4 aromatic rings. The molecule has 0 spiro atoms. The van der Waals surface area contributed by atoms with Crippen molar-refractivity contribution < 1.29 is 14.3 Å². The van der Waals surface area contributed by atoms with Crippen molar-refractivity contribution in [2.45, 2.75) is 18.9 Å². The van der Waals surface area contributed by atoms with Crippen LogP contribution in [0, 0.1) is 0 Å². The van der Waals surface area contributed by atoms with Crippen molar-refractivity contribution in [2.24, 2.45) is 5.73 Å². The number of fused-ring (bicyclic) bond motifs is 1. The Labute approximate surface area is 231 Å². The summed E-state index contributed by atoms with van der Waals surface area (Å²) < 4.78 is 11.3. The number of hydrogen-bond acceptors (Lipinski definition) is 9. The van der Waals surface area contributed by atoms with Crippen molar-refractivity contribution in [1.82, 2.24) is 14.9 Å². The number of benzene rings is 1. The number of morpholine rings is 1. The largest absolute Gasteiger partial charge is 0.494 e. The highest BCUT2D eigenvalue weighted by molar-refractivity contribution is 7.12. The van der Waals surface area contributed by atoms with Crippen LogP contribution in [-0.2, 0) is 4.74 Å². The van der Waals surface area contributed by atoms with Crippen LogP contribution in [0.5, 0.6) is 5.75 Å². The quantitative estimate of drug-likeness (QED) is 0.254. The number of nitrogens with one attached hydrogen (secondary N) is 3. The monoisotopic (exact) mass is 547 g/mol. The van der Waals surface area contributed by atoms with E-state index in [0.29, 0.717) is 16.6 Å². The number of ether oxygens (including phenoxy) is 2. The fourth-order valence-electron chi connectivity index (χ4n) is 5.52. The van der Waals surface area contributed by atoms with Crippen molar-refractivity contribution >= 4 is 56.7 Å². The first kappa shape index (κ1) is 25.5. The zero-order valence-electron chi connectivity index (χ0n) is 21.9. The lowest BCUT2D eigenvalue weighted by molar-refractivity contribution is 0.0115. The number of piperidine rings is 1. The summed E-state index contributed by atoms with van der Waals surface area (Å²) in [4.78, 5) is 25.0. The van der Waals surface area contributed by atoms with E-state index < -0.39 is 5.91 Å². The maximum atomic E-state index is 11.7. The third kappa shape index (κ3) is 5.38. The average molecular weight is 548 g/mol. The summed E-state index contributed by atoms with van der Waals surface area (Å²) in [6.45, 7) is 5.85. The van der Waals surface area contributed by atoms with Gasteiger partial charge in [-0.2, -0.15) is 0 Å². The van der Waals surface area contributed by atoms with Gasteiger partial charge < -0.3 is 35.7 Å². The lowest BCUT2D eigenvalue weighted by atomic mass is 10.0. The Balaban J connectivity index is 1.16. The molecule has 2 saturated heterocycles. The Bertz CT molecular complexity index is 1450. The number of amides is 1. The maximum absolute atomic E-state index is 11.7. The van der Waals surface area contributed by atoms with Gasteiger partial charge in [0.05, 0.1) is 55.3 Å². The van der Waals surface area contributed by atoms with Crippen LogP contribution in [0.3, 0.4) is 0 Å². The zero-order chi connectivity index (χ0) is 26.8. The van der Waals surface area contributed by atoms with Crippen molar-refractivity contribution in [3.63, 3.8) is 0 Å². The first-order valence-corrected chi connectivity index (χ1v) is 14.1. The first-order chi connectivity index (χ1) is 19.1. The van der Waals surface area contributed by atoms with E-state index in [9.17, 15) is 4.79 Å². The summed E-state index contributed by atoms with van der Waals surface area (Å²) in [5.74, 6) is 1.13. The Morgan fingerprint density at radius 3 is 2.67 bits per heavy atom. The van der Waals surface area contributed by atoms with E-state index >= 15 is 0 Å². The third-order valence-electron chi connectivity index (χ3n) is 7.55. The lowest BCUT2D eigenvalue weighted by Gasteiger charge is -2.40. The predicted molar refractivity (Wildman–Crippen MR) is 156 cm³/mol. The highest BCUT2D eigenvalue weighted by Crippen LogP contribution is 2.36. The fourth-order valence-corrected chi connectivity index (χ4v) is 6.22. The second-order valence-electron chi connectivity index (χ2n) is 9.86. The molecule has 6 rings (SSSR count). The molecule has 2 fully saturated rings. The normalized spacial score (nSPS) is 16.9. The van der Waals surface area contributed by atoms with Crippen molar-refractivity contribution in [1.29, 1.82) is 0 Å². The van der Waals surface area contributed by atoms with Crippen molar-refractivity contribution in [2.75, 3.05) is 62.0 Å². The molecule has 204 valence electrons. The molecule has 5 heterocycles. The van der Waals surface area contributed by atoms with Gasteiger partial charge in [-0.1, -0.05) is 0 Å². The van der Waals surface area contributed by atoms with E-state index in [1.54, 1.807) is 19.5 Å². The number of pyridine rings is 1. The second kappa shape index (κ2) is 11.1. The van der Waals surface area contributed by atoms with Gasteiger partial charge >= 0.3 is 0 Å². The molecule has 0 unspecified atom stereocenters. The molecule has 0 aliphatic carbocycles. The lowest BCUT2D eigenvalue weighted by Crippen LogP contribution is -2.49. The first-order valence-electron chi connectivity index (χ1n) is 13.2. The predicted octanol–water partition coefficient (Wildman–Crippen LogP) is 4.52. The highest BCUT2D eigenvalue weighted by atomic mass is 32.1. The van der Waals surface area contributed by atoms with E-state index in [1.807, 2.05) is 17.5 Å². The molecule has 0 saturated carbocycles. The molecule has 2 aliphatic heterocycles. The summed E-state index contributed by atoms with van der Waals surface area (Å²) in [6.07, 6.45) is 5.83. The Morgan fingerprint density at radius 1 is 1.08 bits per heavy atom. The van der Waals surface area contributed by atoms with E-state index in [1.165, 1.54) is 17.0 Å². The van der Waals surface area contributed by atoms with Crippen molar-refractivity contribution in [3.05, 3.63) is 53.0 Å². The number of H-pyrrole nitrogens is 1. The molecule has 2 aliphatic rings. The maximum Gasteiger partial charge on any atom is 0.260 e. The van der Waals surface area contributed by atoms with E-state index in [-0.39, 0.29) is 0 Å².